The van der Waals surface area contributed by atoms with E-state index in [1.807, 2.05) is 0 Å². The van der Waals surface area contributed by atoms with Crippen molar-refractivity contribution >= 4 is 24.4 Å². The molecule has 0 aromatic heterocycles. The minimum absolute atomic E-state index is 0. The van der Waals surface area contributed by atoms with Crippen molar-refractivity contribution in [3.63, 3.8) is 0 Å². The Morgan fingerprint density at radius 3 is 2.69 bits per heavy atom. The number of amides is 2. The van der Waals surface area contributed by atoms with Gasteiger partial charge in [-0.25, -0.2) is 9.69 Å². The van der Waals surface area contributed by atoms with Crippen molar-refractivity contribution in [2.75, 3.05) is 19.7 Å². The molecule has 2 aliphatic heterocycles. The Balaban J connectivity index is 0.000000845. The van der Waals surface area contributed by atoms with Crippen LogP contribution >= 0.6 is 12.4 Å². The van der Waals surface area contributed by atoms with E-state index < -0.39 is 6.09 Å². The molecule has 1 atom stereocenters. The number of carbonyl (C=O) groups is 2. The van der Waals surface area contributed by atoms with E-state index in [1.54, 1.807) is 0 Å². The van der Waals surface area contributed by atoms with Gasteiger partial charge in [-0.05, 0) is 13.0 Å². The summed E-state index contributed by atoms with van der Waals surface area (Å²) in [6.07, 6.45) is 0.342. The van der Waals surface area contributed by atoms with E-state index in [1.165, 1.54) is 4.90 Å². The van der Waals surface area contributed by atoms with E-state index in [0.717, 1.165) is 13.0 Å². The summed E-state index contributed by atoms with van der Waals surface area (Å²) in [6.45, 7) is 1.47. The second kappa shape index (κ2) is 3.93. The molecule has 74 valence electrons. The molecule has 0 radical (unpaired) electrons. The zero-order valence-corrected chi connectivity index (χ0v) is 7.80. The van der Waals surface area contributed by atoms with Crippen molar-refractivity contribution in [2.24, 2.45) is 0 Å². The van der Waals surface area contributed by atoms with E-state index in [4.69, 9.17) is 0 Å². The van der Waals surface area contributed by atoms with E-state index in [2.05, 4.69) is 10.1 Å². The number of rotatable bonds is 1. The van der Waals surface area contributed by atoms with Gasteiger partial charge < -0.3 is 10.1 Å². The van der Waals surface area contributed by atoms with Gasteiger partial charge in [0.2, 0.25) is 0 Å². The minimum atomic E-state index is -0.492. The maximum absolute atomic E-state index is 11.1. The van der Waals surface area contributed by atoms with Crippen LogP contribution in [0, 0.1) is 0 Å². The molecule has 2 heterocycles. The van der Waals surface area contributed by atoms with Gasteiger partial charge in [0.15, 0.2) is 6.61 Å². The Labute approximate surface area is 81.8 Å². The number of halogens is 1. The fraction of sp³-hybridized carbons (Fsp3) is 0.714. The van der Waals surface area contributed by atoms with E-state index in [9.17, 15) is 9.59 Å². The molecule has 0 bridgehead atoms. The van der Waals surface area contributed by atoms with Gasteiger partial charge in [0.25, 0.3) is 5.91 Å². The van der Waals surface area contributed by atoms with E-state index in [-0.39, 0.29) is 31.0 Å². The summed E-state index contributed by atoms with van der Waals surface area (Å²) in [7, 11) is 0. The molecule has 0 saturated carbocycles. The maximum Gasteiger partial charge on any atom is 0.417 e. The third-order valence-electron chi connectivity index (χ3n) is 2.18. The number of nitrogens with zero attached hydrogens (tertiary/aromatic N) is 1. The molecule has 6 heteroatoms. The van der Waals surface area contributed by atoms with Crippen LogP contribution in [-0.2, 0) is 9.53 Å². The standard InChI is InChI=1S/C7H10N2O3.ClH/c10-6-4-12-7(11)9(6)5-1-2-8-3-5;/h5,8H,1-4H2;1H. The first-order valence-corrected chi connectivity index (χ1v) is 3.98. The van der Waals surface area contributed by atoms with Gasteiger partial charge in [0.05, 0.1) is 6.04 Å². The van der Waals surface area contributed by atoms with Crippen LogP contribution in [0.2, 0.25) is 0 Å². The average Bonchev–Trinajstić information content (AvgIpc) is 2.61. The number of nitrogens with one attached hydrogen (secondary N) is 1. The number of hydrogen-bond acceptors (Lipinski definition) is 4. The van der Waals surface area contributed by atoms with Crippen molar-refractivity contribution in [2.45, 2.75) is 12.5 Å². The Morgan fingerprint density at radius 1 is 1.46 bits per heavy atom. The van der Waals surface area contributed by atoms with Crippen molar-refractivity contribution in [1.82, 2.24) is 10.2 Å². The normalized spacial score (nSPS) is 27.4. The minimum Gasteiger partial charge on any atom is -0.439 e. The first-order chi connectivity index (χ1) is 5.79. The first kappa shape index (κ1) is 10.3. The van der Waals surface area contributed by atoms with Gasteiger partial charge in [-0.1, -0.05) is 0 Å². The summed E-state index contributed by atoms with van der Waals surface area (Å²) in [4.78, 5) is 23.4. The molecule has 5 nitrogen and oxygen atoms in total. The molecule has 1 unspecified atom stereocenters. The lowest BCUT2D eigenvalue weighted by molar-refractivity contribution is -0.127. The fourth-order valence-electron chi connectivity index (χ4n) is 1.58. The lowest BCUT2D eigenvalue weighted by Gasteiger charge is -2.17. The number of cyclic esters (lactones) is 1. The molecule has 2 amide bonds. The van der Waals surface area contributed by atoms with Gasteiger partial charge in [0, 0.05) is 6.54 Å². The van der Waals surface area contributed by atoms with Gasteiger partial charge in [-0.2, -0.15) is 0 Å². The summed E-state index contributed by atoms with van der Waals surface area (Å²) in [5.74, 6) is -0.214. The molecule has 2 saturated heterocycles. The lowest BCUT2D eigenvalue weighted by Crippen LogP contribution is -2.40. The van der Waals surface area contributed by atoms with Gasteiger partial charge in [0.1, 0.15) is 0 Å². The SMILES string of the molecule is Cl.O=C1COC(=O)N1C1CCNC1. The van der Waals surface area contributed by atoms with Crippen LogP contribution in [-0.4, -0.2) is 42.6 Å². The molecule has 13 heavy (non-hydrogen) atoms. The Bertz CT molecular complexity index is 212. The number of hydrogen-bond donors (Lipinski definition) is 1. The molecular weight excluding hydrogens is 196 g/mol. The highest BCUT2D eigenvalue weighted by Gasteiger charge is 2.37. The average molecular weight is 207 g/mol. The van der Waals surface area contributed by atoms with Gasteiger partial charge in [-0.15, -0.1) is 12.4 Å². The summed E-state index contributed by atoms with van der Waals surface area (Å²) in [6, 6.07) is 0.00694. The van der Waals surface area contributed by atoms with Crippen molar-refractivity contribution in [1.29, 1.82) is 0 Å². The summed E-state index contributed by atoms with van der Waals surface area (Å²) >= 11 is 0. The Kier molecular flexibility index (Phi) is 3.11. The molecule has 0 aliphatic carbocycles. The highest BCUT2D eigenvalue weighted by atomic mass is 35.5. The Hall–Kier alpha value is -0.810. The quantitative estimate of drug-likeness (QED) is 0.643. The van der Waals surface area contributed by atoms with Crippen LogP contribution in [0.4, 0.5) is 4.79 Å². The monoisotopic (exact) mass is 206 g/mol. The zero-order chi connectivity index (χ0) is 8.55. The molecule has 2 aliphatic rings. The van der Waals surface area contributed by atoms with Crippen molar-refractivity contribution in [3.05, 3.63) is 0 Å². The molecule has 1 N–H and O–H groups in total. The summed E-state index contributed by atoms with van der Waals surface area (Å²) in [5, 5.41) is 3.09. The molecule has 2 fully saturated rings. The predicted octanol–water partition coefficient (Wildman–Crippen LogP) is -0.251. The number of carbonyl (C=O) groups excluding carboxylic acids is 2. The van der Waals surface area contributed by atoms with Crippen LogP contribution in [0.25, 0.3) is 0 Å². The van der Waals surface area contributed by atoms with Crippen molar-refractivity contribution < 1.29 is 14.3 Å². The number of ether oxygens (including phenoxy) is 1. The second-order valence-electron chi connectivity index (χ2n) is 2.96. The molecular formula is C7H11ClN2O3. The molecule has 0 aromatic rings. The van der Waals surface area contributed by atoms with Gasteiger partial charge in [-0.3, -0.25) is 4.79 Å². The molecule has 0 aromatic carbocycles. The highest BCUT2D eigenvalue weighted by Crippen LogP contribution is 2.14. The fourth-order valence-corrected chi connectivity index (χ4v) is 1.58. The largest absolute Gasteiger partial charge is 0.439 e. The molecule has 2 rings (SSSR count). The third-order valence-corrected chi connectivity index (χ3v) is 2.18. The maximum atomic E-state index is 11.1. The van der Waals surface area contributed by atoms with Crippen LogP contribution in [0.3, 0.4) is 0 Å². The van der Waals surface area contributed by atoms with Crippen LogP contribution in [0.5, 0.6) is 0 Å². The van der Waals surface area contributed by atoms with Crippen LogP contribution in [0.1, 0.15) is 6.42 Å². The molecule has 0 spiro atoms. The summed E-state index contributed by atoms with van der Waals surface area (Å²) < 4.78 is 4.60. The smallest absolute Gasteiger partial charge is 0.417 e. The van der Waals surface area contributed by atoms with Crippen molar-refractivity contribution in [3.8, 4) is 0 Å². The van der Waals surface area contributed by atoms with Crippen LogP contribution in [0.15, 0.2) is 0 Å². The highest BCUT2D eigenvalue weighted by molar-refractivity contribution is 5.98. The van der Waals surface area contributed by atoms with E-state index in [0.29, 0.717) is 6.54 Å². The lowest BCUT2D eigenvalue weighted by atomic mass is 10.2. The zero-order valence-electron chi connectivity index (χ0n) is 6.99. The van der Waals surface area contributed by atoms with E-state index >= 15 is 0 Å². The predicted molar refractivity (Wildman–Crippen MR) is 46.7 cm³/mol. The van der Waals surface area contributed by atoms with Crippen LogP contribution < -0.4 is 5.32 Å². The summed E-state index contributed by atoms with van der Waals surface area (Å²) in [5.41, 5.74) is 0. The topological polar surface area (TPSA) is 58.6 Å². The first-order valence-electron chi connectivity index (χ1n) is 3.98. The number of imide groups is 1. The third kappa shape index (κ3) is 1.76. The van der Waals surface area contributed by atoms with Gasteiger partial charge >= 0.3 is 6.09 Å². The Morgan fingerprint density at radius 2 is 2.23 bits per heavy atom. The second-order valence-corrected chi connectivity index (χ2v) is 2.96.